The van der Waals surface area contributed by atoms with Crippen LogP contribution in [0.25, 0.3) is 0 Å². The van der Waals surface area contributed by atoms with Crippen molar-refractivity contribution in [1.82, 2.24) is 14.8 Å². The predicted octanol–water partition coefficient (Wildman–Crippen LogP) is 1.74. The van der Waals surface area contributed by atoms with Crippen LogP contribution in [0, 0.1) is 5.92 Å². The van der Waals surface area contributed by atoms with Gasteiger partial charge in [-0.1, -0.05) is 0 Å². The maximum absolute atomic E-state index is 11.9. The number of carbonyl (C=O) groups excluding carboxylic acids is 1. The van der Waals surface area contributed by atoms with Crippen molar-refractivity contribution in [1.29, 1.82) is 0 Å². The normalized spacial score (nSPS) is 21.5. The van der Waals surface area contributed by atoms with Gasteiger partial charge in [-0.25, -0.2) is 4.79 Å². The first-order valence-electron chi connectivity index (χ1n) is 9.01. The first-order chi connectivity index (χ1) is 11.7. The second-order valence-electron chi connectivity index (χ2n) is 7.13. The summed E-state index contributed by atoms with van der Waals surface area (Å²) in [5.41, 5.74) is 3.58. The van der Waals surface area contributed by atoms with E-state index in [2.05, 4.69) is 20.9 Å². The van der Waals surface area contributed by atoms with Crippen molar-refractivity contribution in [2.24, 2.45) is 5.92 Å². The lowest BCUT2D eigenvalue weighted by Gasteiger charge is -2.38. The molecule has 0 unspecified atom stereocenters. The summed E-state index contributed by atoms with van der Waals surface area (Å²) in [4.78, 5) is 23.3. The number of amides is 1. The van der Waals surface area contributed by atoms with E-state index in [1.54, 1.807) is 4.90 Å². The number of anilines is 1. The number of hydrogen-bond donors (Lipinski definition) is 0. The van der Waals surface area contributed by atoms with Crippen LogP contribution in [-0.2, 0) is 17.7 Å². The Hall–Kier alpha value is -1.82. The van der Waals surface area contributed by atoms with Crippen LogP contribution >= 0.6 is 0 Å². The molecule has 0 spiro atoms. The minimum atomic E-state index is -0.246. The molecule has 2 aliphatic heterocycles. The number of rotatable bonds is 3. The van der Waals surface area contributed by atoms with Gasteiger partial charge in [0.2, 0.25) is 0 Å². The van der Waals surface area contributed by atoms with Gasteiger partial charge in [0, 0.05) is 68.8 Å². The van der Waals surface area contributed by atoms with Crippen molar-refractivity contribution in [3.05, 3.63) is 23.5 Å². The van der Waals surface area contributed by atoms with Gasteiger partial charge < -0.3 is 14.5 Å². The van der Waals surface area contributed by atoms with Crippen molar-refractivity contribution in [2.45, 2.75) is 25.8 Å². The summed E-state index contributed by atoms with van der Waals surface area (Å²) < 4.78 is 4.89. The lowest BCUT2D eigenvalue weighted by molar-refractivity contribution is 0.118. The predicted molar refractivity (Wildman–Crippen MR) is 92.1 cm³/mol. The molecule has 6 nitrogen and oxygen atoms in total. The van der Waals surface area contributed by atoms with Gasteiger partial charge in [-0.2, -0.15) is 0 Å². The first-order valence-corrected chi connectivity index (χ1v) is 9.01. The van der Waals surface area contributed by atoms with E-state index in [9.17, 15) is 4.79 Å². The van der Waals surface area contributed by atoms with E-state index in [1.165, 1.54) is 37.7 Å². The zero-order valence-corrected chi connectivity index (χ0v) is 14.4. The Kier molecular flexibility index (Phi) is 4.31. The summed E-state index contributed by atoms with van der Waals surface area (Å²) in [6.07, 6.45) is 5.31. The molecule has 1 aliphatic carbocycles. The minimum Gasteiger partial charge on any atom is -0.453 e. The first kappa shape index (κ1) is 15.7. The molecule has 130 valence electrons. The van der Waals surface area contributed by atoms with Crippen molar-refractivity contribution < 1.29 is 9.53 Å². The molecule has 3 aliphatic rings. The van der Waals surface area contributed by atoms with Gasteiger partial charge in [-0.3, -0.25) is 9.88 Å². The number of piperazine rings is 1. The summed E-state index contributed by atoms with van der Waals surface area (Å²) in [5.74, 6) is 0.957. The van der Waals surface area contributed by atoms with Crippen LogP contribution in [0.4, 0.5) is 10.5 Å². The van der Waals surface area contributed by atoms with Crippen molar-refractivity contribution in [3.63, 3.8) is 0 Å². The molecule has 4 rings (SSSR count). The fourth-order valence-corrected chi connectivity index (χ4v) is 3.84. The number of ether oxygens (including phenoxy) is 1. The zero-order chi connectivity index (χ0) is 16.5. The van der Waals surface area contributed by atoms with Crippen LogP contribution in [0.2, 0.25) is 0 Å². The largest absolute Gasteiger partial charge is 0.453 e. The second kappa shape index (κ2) is 6.59. The van der Waals surface area contributed by atoms with E-state index in [4.69, 9.17) is 4.74 Å². The highest BCUT2D eigenvalue weighted by Crippen LogP contribution is 2.31. The van der Waals surface area contributed by atoms with Gasteiger partial charge >= 0.3 is 6.09 Å². The maximum Gasteiger partial charge on any atom is 0.409 e. The molecule has 24 heavy (non-hydrogen) atoms. The maximum atomic E-state index is 11.9. The Bertz CT molecular complexity index is 609. The van der Waals surface area contributed by atoms with Gasteiger partial charge in [-0.05, 0) is 24.8 Å². The average Bonchev–Trinajstić information content (AvgIpc) is 3.45. The van der Waals surface area contributed by atoms with E-state index in [1.807, 2.05) is 6.20 Å². The molecular formula is C18H26N4O2. The average molecular weight is 330 g/mol. The standard InChI is InChI=1S/C18H26N4O2/c1-24-18(23)22-7-5-16-15(13-22)17(4-6-19-16)21-10-8-20(9-11-21)12-14-2-3-14/h4,6,14H,2-3,5,7-13H2,1H3. The van der Waals surface area contributed by atoms with Gasteiger partial charge in [0.05, 0.1) is 13.7 Å². The van der Waals surface area contributed by atoms with Crippen molar-refractivity contribution in [3.8, 4) is 0 Å². The molecule has 0 atom stereocenters. The number of methoxy groups -OCH3 is 1. The topological polar surface area (TPSA) is 48.9 Å². The summed E-state index contributed by atoms with van der Waals surface area (Å²) in [5, 5.41) is 0. The molecule has 2 fully saturated rings. The summed E-state index contributed by atoms with van der Waals surface area (Å²) >= 11 is 0. The van der Waals surface area contributed by atoms with Crippen LogP contribution in [-0.4, -0.2) is 67.3 Å². The van der Waals surface area contributed by atoms with Crippen LogP contribution in [0.1, 0.15) is 24.1 Å². The molecule has 0 aromatic carbocycles. The Morgan fingerprint density at radius 3 is 2.75 bits per heavy atom. The molecule has 1 saturated carbocycles. The molecule has 1 amide bonds. The fraction of sp³-hybridized carbons (Fsp3) is 0.667. The van der Waals surface area contributed by atoms with E-state index >= 15 is 0 Å². The third-order valence-electron chi connectivity index (χ3n) is 5.45. The number of hydrogen-bond acceptors (Lipinski definition) is 5. The molecule has 0 bridgehead atoms. The molecule has 0 N–H and O–H groups in total. The number of carbonyl (C=O) groups is 1. The van der Waals surface area contributed by atoms with Crippen LogP contribution in [0.15, 0.2) is 12.3 Å². The SMILES string of the molecule is COC(=O)N1CCc2nccc(N3CCN(CC4CC4)CC3)c2C1. The zero-order valence-electron chi connectivity index (χ0n) is 14.4. The Morgan fingerprint density at radius 2 is 2.04 bits per heavy atom. The third kappa shape index (κ3) is 3.20. The van der Waals surface area contributed by atoms with Gasteiger partial charge in [0.1, 0.15) is 0 Å². The molecule has 0 radical (unpaired) electrons. The molecule has 1 aromatic heterocycles. The fourth-order valence-electron chi connectivity index (χ4n) is 3.84. The second-order valence-corrected chi connectivity index (χ2v) is 7.13. The number of fused-ring (bicyclic) bond motifs is 1. The van der Waals surface area contributed by atoms with E-state index < -0.39 is 0 Å². The third-order valence-corrected chi connectivity index (χ3v) is 5.45. The Labute approximate surface area is 143 Å². The highest BCUT2D eigenvalue weighted by molar-refractivity contribution is 5.69. The Morgan fingerprint density at radius 1 is 1.25 bits per heavy atom. The lowest BCUT2D eigenvalue weighted by atomic mass is 10.0. The molecular weight excluding hydrogens is 304 g/mol. The highest BCUT2D eigenvalue weighted by Gasteiger charge is 2.29. The number of pyridine rings is 1. The lowest BCUT2D eigenvalue weighted by Crippen LogP contribution is -2.47. The highest BCUT2D eigenvalue weighted by atomic mass is 16.5. The minimum absolute atomic E-state index is 0.246. The molecule has 1 aromatic rings. The van der Waals surface area contributed by atoms with Gasteiger partial charge in [0.15, 0.2) is 0 Å². The number of nitrogens with zero attached hydrogens (tertiary/aromatic N) is 4. The smallest absolute Gasteiger partial charge is 0.409 e. The molecule has 1 saturated heterocycles. The summed E-state index contributed by atoms with van der Waals surface area (Å²) in [7, 11) is 1.45. The van der Waals surface area contributed by atoms with Crippen LogP contribution < -0.4 is 4.90 Å². The van der Waals surface area contributed by atoms with E-state index in [0.29, 0.717) is 13.1 Å². The van der Waals surface area contributed by atoms with Crippen molar-refractivity contribution in [2.75, 3.05) is 51.3 Å². The van der Waals surface area contributed by atoms with E-state index in [0.717, 1.165) is 44.2 Å². The molecule has 6 heteroatoms. The Balaban J connectivity index is 1.47. The number of aromatic nitrogens is 1. The quantitative estimate of drug-likeness (QED) is 0.845. The molecule has 3 heterocycles. The monoisotopic (exact) mass is 330 g/mol. The van der Waals surface area contributed by atoms with Crippen LogP contribution in [0.5, 0.6) is 0 Å². The summed E-state index contributed by atoms with van der Waals surface area (Å²) in [6, 6.07) is 2.11. The van der Waals surface area contributed by atoms with Gasteiger partial charge in [-0.15, -0.1) is 0 Å². The van der Waals surface area contributed by atoms with Crippen molar-refractivity contribution >= 4 is 11.8 Å². The van der Waals surface area contributed by atoms with Gasteiger partial charge in [0.25, 0.3) is 0 Å². The van der Waals surface area contributed by atoms with Crippen LogP contribution in [0.3, 0.4) is 0 Å². The summed E-state index contributed by atoms with van der Waals surface area (Å²) in [6.45, 7) is 6.95. The van der Waals surface area contributed by atoms with E-state index in [-0.39, 0.29) is 6.09 Å².